The van der Waals surface area contributed by atoms with E-state index in [9.17, 15) is 19.2 Å². The first kappa shape index (κ1) is 19.4. The molecule has 0 bridgehead atoms. The molecule has 2 rings (SSSR count). The minimum Gasteiger partial charge on any atom is -0.465 e. The summed E-state index contributed by atoms with van der Waals surface area (Å²) >= 11 is 0. The fourth-order valence-electron chi connectivity index (χ4n) is 3.25. The molecular formula is C18H21NO7. The SMILES string of the molecule is CCOC(=O)C1(NC(C)=O)Cc2ccc(C(=O)OC)c(C(=O)OC)c2C1. The van der Waals surface area contributed by atoms with Crippen LogP contribution in [0.15, 0.2) is 12.1 Å². The highest BCUT2D eigenvalue weighted by Crippen LogP contribution is 2.35. The van der Waals surface area contributed by atoms with Gasteiger partial charge >= 0.3 is 17.9 Å². The molecule has 1 aromatic carbocycles. The molecule has 1 aliphatic carbocycles. The van der Waals surface area contributed by atoms with Crippen molar-refractivity contribution < 1.29 is 33.4 Å². The smallest absolute Gasteiger partial charge is 0.339 e. The topological polar surface area (TPSA) is 108 Å². The van der Waals surface area contributed by atoms with E-state index in [0.29, 0.717) is 11.1 Å². The minimum atomic E-state index is -1.33. The summed E-state index contributed by atoms with van der Waals surface area (Å²) in [6.45, 7) is 3.11. The van der Waals surface area contributed by atoms with E-state index in [1.54, 1.807) is 13.0 Å². The quantitative estimate of drug-likeness (QED) is 0.609. The highest BCUT2D eigenvalue weighted by molar-refractivity contribution is 6.05. The third kappa shape index (κ3) is 3.40. The van der Waals surface area contributed by atoms with Crippen molar-refractivity contribution in [2.45, 2.75) is 32.2 Å². The normalized spacial score (nSPS) is 17.8. The molecule has 1 unspecified atom stereocenters. The van der Waals surface area contributed by atoms with Crippen LogP contribution < -0.4 is 5.32 Å². The molecular weight excluding hydrogens is 342 g/mol. The number of nitrogens with one attached hydrogen (secondary N) is 1. The van der Waals surface area contributed by atoms with E-state index >= 15 is 0 Å². The van der Waals surface area contributed by atoms with Crippen molar-refractivity contribution in [3.8, 4) is 0 Å². The maximum Gasteiger partial charge on any atom is 0.339 e. The maximum absolute atomic E-state index is 12.6. The van der Waals surface area contributed by atoms with E-state index in [1.165, 1.54) is 27.2 Å². The van der Waals surface area contributed by atoms with Gasteiger partial charge in [-0.1, -0.05) is 6.07 Å². The number of carbonyl (C=O) groups excluding carboxylic acids is 4. The third-order valence-electron chi connectivity index (χ3n) is 4.26. The number of benzene rings is 1. The lowest BCUT2D eigenvalue weighted by Gasteiger charge is -2.27. The summed E-state index contributed by atoms with van der Waals surface area (Å²) in [4.78, 5) is 48.6. The van der Waals surface area contributed by atoms with Crippen LogP contribution in [-0.4, -0.2) is 50.2 Å². The van der Waals surface area contributed by atoms with Crippen molar-refractivity contribution in [3.63, 3.8) is 0 Å². The molecule has 0 aromatic heterocycles. The predicted molar refractivity (Wildman–Crippen MR) is 89.7 cm³/mol. The second-order valence-corrected chi connectivity index (χ2v) is 5.95. The molecule has 1 atom stereocenters. The zero-order valence-corrected chi connectivity index (χ0v) is 15.1. The third-order valence-corrected chi connectivity index (χ3v) is 4.26. The van der Waals surface area contributed by atoms with E-state index in [0.717, 1.165) is 0 Å². The molecule has 1 aromatic rings. The minimum absolute atomic E-state index is 0.00993. The Morgan fingerprint density at radius 2 is 1.73 bits per heavy atom. The molecule has 0 heterocycles. The zero-order valence-electron chi connectivity index (χ0n) is 15.1. The molecule has 0 aliphatic heterocycles. The standard InChI is InChI=1S/C18H21NO7/c1-5-26-17(23)18(19-10(2)20)8-11-6-7-12(15(21)24-3)14(13(11)9-18)16(22)25-4/h6-7H,5,8-9H2,1-4H3,(H,19,20). The number of carbonyl (C=O) groups is 4. The van der Waals surface area contributed by atoms with Crippen LogP contribution in [-0.2, 0) is 36.6 Å². The first-order valence-corrected chi connectivity index (χ1v) is 8.07. The van der Waals surface area contributed by atoms with Gasteiger partial charge in [0.05, 0.1) is 32.0 Å². The van der Waals surface area contributed by atoms with Gasteiger partial charge in [-0.25, -0.2) is 14.4 Å². The number of ether oxygens (including phenoxy) is 3. The molecule has 26 heavy (non-hydrogen) atoms. The van der Waals surface area contributed by atoms with Gasteiger partial charge < -0.3 is 19.5 Å². The molecule has 1 aliphatic rings. The average Bonchev–Trinajstić information content (AvgIpc) is 2.98. The van der Waals surface area contributed by atoms with Crippen molar-refractivity contribution >= 4 is 23.8 Å². The lowest BCUT2D eigenvalue weighted by Crippen LogP contribution is -2.55. The van der Waals surface area contributed by atoms with Gasteiger partial charge in [0.15, 0.2) is 0 Å². The summed E-state index contributed by atoms with van der Waals surface area (Å²) < 4.78 is 14.7. The molecule has 0 saturated carbocycles. The van der Waals surface area contributed by atoms with Crippen LogP contribution in [0.5, 0.6) is 0 Å². The Hall–Kier alpha value is -2.90. The Morgan fingerprint density at radius 1 is 1.08 bits per heavy atom. The van der Waals surface area contributed by atoms with Gasteiger partial charge in [0, 0.05) is 19.8 Å². The summed E-state index contributed by atoms with van der Waals surface area (Å²) in [5, 5.41) is 2.65. The number of rotatable bonds is 5. The Kier molecular flexibility index (Phi) is 5.64. The van der Waals surface area contributed by atoms with Gasteiger partial charge in [-0.2, -0.15) is 0 Å². The lowest BCUT2D eigenvalue weighted by molar-refractivity contribution is -0.152. The Labute approximate surface area is 150 Å². The molecule has 8 nitrogen and oxygen atoms in total. The van der Waals surface area contributed by atoms with Crippen molar-refractivity contribution in [3.05, 3.63) is 34.4 Å². The molecule has 1 N–H and O–H groups in total. The molecule has 8 heteroatoms. The highest BCUT2D eigenvalue weighted by atomic mass is 16.5. The fourth-order valence-corrected chi connectivity index (χ4v) is 3.25. The average molecular weight is 363 g/mol. The van der Waals surface area contributed by atoms with Gasteiger partial charge in [0.2, 0.25) is 5.91 Å². The second kappa shape index (κ2) is 7.55. The van der Waals surface area contributed by atoms with E-state index in [-0.39, 0.29) is 30.6 Å². The van der Waals surface area contributed by atoms with Gasteiger partial charge in [0.25, 0.3) is 0 Å². The molecule has 0 fully saturated rings. The molecule has 0 spiro atoms. The van der Waals surface area contributed by atoms with Crippen LogP contribution in [0.4, 0.5) is 0 Å². The van der Waals surface area contributed by atoms with E-state index < -0.39 is 29.4 Å². The van der Waals surface area contributed by atoms with Crippen LogP contribution in [0.2, 0.25) is 0 Å². The van der Waals surface area contributed by atoms with E-state index in [2.05, 4.69) is 5.32 Å². The molecule has 140 valence electrons. The van der Waals surface area contributed by atoms with Crippen molar-refractivity contribution in [2.75, 3.05) is 20.8 Å². The monoisotopic (exact) mass is 363 g/mol. The van der Waals surface area contributed by atoms with Gasteiger partial charge in [-0.05, 0) is 24.1 Å². The number of amides is 1. The van der Waals surface area contributed by atoms with Crippen molar-refractivity contribution in [2.24, 2.45) is 0 Å². The van der Waals surface area contributed by atoms with Crippen LogP contribution in [0.25, 0.3) is 0 Å². The van der Waals surface area contributed by atoms with Gasteiger partial charge in [0.1, 0.15) is 5.54 Å². The Morgan fingerprint density at radius 3 is 2.27 bits per heavy atom. The van der Waals surface area contributed by atoms with Gasteiger partial charge in [-0.15, -0.1) is 0 Å². The number of hydrogen-bond acceptors (Lipinski definition) is 7. The van der Waals surface area contributed by atoms with Crippen LogP contribution >= 0.6 is 0 Å². The summed E-state index contributed by atoms with van der Waals surface area (Å²) in [5.41, 5.74) is -0.141. The van der Waals surface area contributed by atoms with Crippen LogP contribution in [0.1, 0.15) is 45.7 Å². The maximum atomic E-state index is 12.6. The molecule has 0 saturated heterocycles. The zero-order chi connectivity index (χ0) is 19.5. The largest absolute Gasteiger partial charge is 0.465 e. The van der Waals surface area contributed by atoms with Crippen LogP contribution in [0.3, 0.4) is 0 Å². The predicted octanol–water partition coefficient (Wildman–Crippen LogP) is 0.796. The molecule has 1 amide bonds. The second-order valence-electron chi connectivity index (χ2n) is 5.95. The van der Waals surface area contributed by atoms with E-state index in [1.807, 2.05) is 0 Å². The van der Waals surface area contributed by atoms with E-state index in [4.69, 9.17) is 14.2 Å². The fraction of sp³-hybridized carbons (Fsp3) is 0.444. The Balaban J connectivity index is 2.60. The molecule has 0 radical (unpaired) electrons. The number of esters is 3. The van der Waals surface area contributed by atoms with Crippen molar-refractivity contribution in [1.82, 2.24) is 5.32 Å². The first-order chi connectivity index (χ1) is 12.3. The number of methoxy groups -OCH3 is 2. The van der Waals surface area contributed by atoms with Crippen LogP contribution in [0, 0.1) is 0 Å². The summed E-state index contributed by atoms with van der Waals surface area (Å²) in [6.07, 6.45) is 0.155. The lowest BCUT2D eigenvalue weighted by atomic mass is 9.94. The summed E-state index contributed by atoms with van der Waals surface area (Å²) in [6, 6.07) is 3.09. The highest BCUT2D eigenvalue weighted by Gasteiger charge is 2.48. The number of fused-ring (bicyclic) bond motifs is 1. The summed E-state index contributed by atoms with van der Waals surface area (Å²) in [7, 11) is 2.40. The first-order valence-electron chi connectivity index (χ1n) is 8.07. The van der Waals surface area contributed by atoms with Crippen molar-refractivity contribution in [1.29, 1.82) is 0 Å². The Bertz CT molecular complexity index is 771. The van der Waals surface area contributed by atoms with Gasteiger partial charge in [-0.3, -0.25) is 4.79 Å². The number of hydrogen-bond donors (Lipinski definition) is 1. The summed E-state index contributed by atoms with van der Waals surface area (Å²) in [5.74, 6) is -2.41.